The second-order valence-corrected chi connectivity index (χ2v) is 5.09. The molecule has 1 amide bonds. The van der Waals surface area contributed by atoms with Crippen molar-refractivity contribution in [2.45, 2.75) is 26.4 Å². The summed E-state index contributed by atoms with van der Waals surface area (Å²) in [5.41, 5.74) is 0.734. The van der Waals surface area contributed by atoms with Crippen molar-refractivity contribution >= 4 is 5.91 Å². The molecule has 1 aromatic carbocycles. The van der Waals surface area contributed by atoms with E-state index in [9.17, 15) is 4.79 Å². The first-order valence-corrected chi connectivity index (χ1v) is 6.93. The highest BCUT2D eigenvalue weighted by Gasteiger charge is 2.16. The van der Waals surface area contributed by atoms with Crippen LogP contribution < -0.4 is 10.1 Å². The summed E-state index contributed by atoms with van der Waals surface area (Å²) < 4.78 is 5.58. The number of hydrogen-bond acceptors (Lipinski definition) is 3. The quantitative estimate of drug-likeness (QED) is 0.904. The Hall–Kier alpha value is -1.55. The molecule has 0 aliphatic carbocycles. The first kappa shape index (κ1) is 13.9. The third-order valence-corrected chi connectivity index (χ3v) is 3.10. The van der Waals surface area contributed by atoms with Crippen LogP contribution in [0.3, 0.4) is 0 Å². The van der Waals surface area contributed by atoms with E-state index in [-0.39, 0.29) is 12.0 Å². The Morgan fingerprint density at radius 1 is 1.21 bits per heavy atom. The molecule has 1 aliphatic rings. The fourth-order valence-electron chi connectivity index (χ4n) is 2.18. The molecular formula is C15H22N2O2. The van der Waals surface area contributed by atoms with Gasteiger partial charge in [-0.15, -0.1) is 0 Å². The molecule has 1 aromatic rings. The van der Waals surface area contributed by atoms with E-state index >= 15 is 0 Å². The van der Waals surface area contributed by atoms with Gasteiger partial charge in [-0.25, -0.2) is 0 Å². The zero-order chi connectivity index (χ0) is 13.7. The lowest BCUT2D eigenvalue weighted by Gasteiger charge is -2.20. The maximum atomic E-state index is 12.3. The smallest absolute Gasteiger partial charge is 0.253 e. The predicted octanol–water partition coefficient (Wildman–Crippen LogP) is 1.91. The minimum absolute atomic E-state index is 0.111. The van der Waals surface area contributed by atoms with Gasteiger partial charge in [-0.3, -0.25) is 4.79 Å². The molecule has 0 unspecified atom stereocenters. The normalized spacial score (nSPS) is 16.3. The highest BCUT2D eigenvalue weighted by Crippen LogP contribution is 2.15. The Kier molecular flexibility index (Phi) is 4.80. The van der Waals surface area contributed by atoms with Crippen molar-refractivity contribution in [1.82, 2.24) is 10.2 Å². The van der Waals surface area contributed by atoms with E-state index in [4.69, 9.17) is 4.74 Å². The van der Waals surface area contributed by atoms with E-state index in [0.717, 1.165) is 43.9 Å². The molecule has 19 heavy (non-hydrogen) atoms. The molecule has 4 nitrogen and oxygen atoms in total. The molecule has 0 aromatic heterocycles. The monoisotopic (exact) mass is 262 g/mol. The van der Waals surface area contributed by atoms with Crippen molar-refractivity contribution in [3.05, 3.63) is 29.8 Å². The van der Waals surface area contributed by atoms with Crippen LogP contribution in [0.4, 0.5) is 0 Å². The zero-order valence-electron chi connectivity index (χ0n) is 11.7. The molecule has 0 atom stereocenters. The number of hydrogen-bond donors (Lipinski definition) is 1. The minimum atomic E-state index is 0.111. The van der Waals surface area contributed by atoms with Gasteiger partial charge in [0, 0.05) is 25.2 Å². The topological polar surface area (TPSA) is 41.6 Å². The molecule has 1 N–H and O–H groups in total. The molecule has 0 bridgehead atoms. The molecule has 4 heteroatoms. The summed E-state index contributed by atoms with van der Waals surface area (Å²) >= 11 is 0. The van der Waals surface area contributed by atoms with Crippen LogP contribution in [-0.4, -0.2) is 43.1 Å². The first-order chi connectivity index (χ1) is 9.16. The van der Waals surface area contributed by atoms with Crippen LogP contribution in [0.25, 0.3) is 0 Å². The number of carbonyl (C=O) groups excluding carboxylic acids is 1. The SMILES string of the molecule is CC(C)Oc1ccc(C(=O)N2CCCNCC2)cc1. The van der Waals surface area contributed by atoms with Gasteiger partial charge in [-0.05, 0) is 51.1 Å². The summed E-state index contributed by atoms with van der Waals surface area (Å²) in [6.45, 7) is 7.46. The summed E-state index contributed by atoms with van der Waals surface area (Å²) in [7, 11) is 0. The number of nitrogens with one attached hydrogen (secondary N) is 1. The molecule has 1 heterocycles. The van der Waals surface area contributed by atoms with E-state index in [2.05, 4.69) is 5.32 Å². The Morgan fingerprint density at radius 2 is 1.95 bits per heavy atom. The lowest BCUT2D eigenvalue weighted by Crippen LogP contribution is -2.34. The van der Waals surface area contributed by atoms with Gasteiger partial charge in [-0.2, -0.15) is 0 Å². The van der Waals surface area contributed by atoms with Crippen molar-refractivity contribution < 1.29 is 9.53 Å². The average molecular weight is 262 g/mol. The largest absolute Gasteiger partial charge is 0.491 e. The number of benzene rings is 1. The number of carbonyl (C=O) groups is 1. The van der Waals surface area contributed by atoms with E-state index in [1.807, 2.05) is 43.0 Å². The van der Waals surface area contributed by atoms with Crippen molar-refractivity contribution in [1.29, 1.82) is 0 Å². The lowest BCUT2D eigenvalue weighted by molar-refractivity contribution is 0.0766. The second-order valence-electron chi connectivity index (χ2n) is 5.09. The molecule has 0 spiro atoms. The van der Waals surface area contributed by atoms with Crippen LogP contribution in [0.1, 0.15) is 30.6 Å². The molecule has 1 aliphatic heterocycles. The Balaban J connectivity index is 2.02. The molecule has 2 rings (SSSR count). The van der Waals surface area contributed by atoms with Gasteiger partial charge in [0.1, 0.15) is 5.75 Å². The standard InChI is InChI=1S/C15H22N2O2/c1-12(2)19-14-6-4-13(5-7-14)15(18)17-10-3-8-16-9-11-17/h4-7,12,16H,3,8-11H2,1-2H3. The summed E-state index contributed by atoms with van der Waals surface area (Å²) in [5, 5.41) is 3.30. The minimum Gasteiger partial charge on any atom is -0.491 e. The highest BCUT2D eigenvalue weighted by atomic mass is 16.5. The third-order valence-electron chi connectivity index (χ3n) is 3.10. The zero-order valence-corrected chi connectivity index (χ0v) is 11.7. The van der Waals surface area contributed by atoms with Crippen molar-refractivity contribution in [2.75, 3.05) is 26.2 Å². The fraction of sp³-hybridized carbons (Fsp3) is 0.533. The summed E-state index contributed by atoms with van der Waals surface area (Å²) in [4.78, 5) is 14.3. The third kappa shape index (κ3) is 3.96. The Labute approximate surface area is 114 Å². The van der Waals surface area contributed by atoms with Crippen molar-refractivity contribution in [3.63, 3.8) is 0 Å². The van der Waals surface area contributed by atoms with Gasteiger partial charge in [0.2, 0.25) is 0 Å². The van der Waals surface area contributed by atoms with Crippen LogP contribution in [0.15, 0.2) is 24.3 Å². The van der Waals surface area contributed by atoms with Gasteiger partial charge in [0.15, 0.2) is 0 Å². The van der Waals surface area contributed by atoms with Gasteiger partial charge >= 0.3 is 0 Å². The number of ether oxygens (including phenoxy) is 1. The summed E-state index contributed by atoms with van der Waals surface area (Å²) in [5.74, 6) is 0.920. The van der Waals surface area contributed by atoms with E-state index in [0.29, 0.717) is 0 Å². The first-order valence-electron chi connectivity index (χ1n) is 6.93. The van der Waals surface area contributed by atoms with Crippen LogP contribution in [-0.2, 0) is 0 Å². The average Bonchev–Trinajstić information content (AvgIpc) is 2.67. The van der Waals surface area contributed by atoms with E-state index in [1.165, 1.54) is 0 Å². The van der Waals surface area contributed by atoms with Crippen molar-refractivity contribution in [2.24, 2.45) is 0 Å². The molecule has 1 fully saturated rings. The molecule has 0 radical (unpaired) electrons. The van der Waals surface area contributed by atoms with Crippen LogP contribution in [0.5, 0.6) is 5.75 Å². The molecule has 104 valence electrons. The lowest BCUT2D eigenvalue weighted by atomic mass is 10.2. The van der Waals surface area contributed by atoms with E-state index < -0.39 is 0 Å². The van der Waals surface area contributed by atoms with Crippen molar-refractivity contribution in [3.8, 4) is 5.75 Å². The highest BCUT2D eigenvalue weighted by molar-refractivity contribution is 5.94. The summed E-state index contributed by atoms with van der Waals surface area (Å²) in [6.07, 6.45) is 1.17. The second kappa shape index (κ2) is 6.57. The maximum absolute atomic E-state index is 12.3. The van der Waals surface area contributed by atoms with E-state index in [1.54, 1.807) is 0 Å². The number of nitrogens with zero attached hydrogens (tertiary/aromatic N) is 1. The van der Waals surface area contributed by atoms with Gasteiger partial charge in [0.05, 0.1) is 6.10 Å². The Morgan fingerprint density at radius 3 is 2.63 bits per heavy atom. The number of amides is 1. The maximum Gasteiger partial charge on any atom is 0.253 e. The van der Waals surface area contributed by atoms with Crippen LogP contribution in [0, 0.1) is 0 Å². The van der Waals surface area contributed by atoms with Crippen LogP contribution >= 0.6 is 0 Å². The van der Waals surface area contributed by atoms with Gasteiger partial charge < -0.3 is 15.0 Å². The van der Waals surface area contributed by atoms with Crippen LogP contribution in [0.2, 0.25) is 0 Å². The summed E-state index contributed by atoms with van der Waals surface area (Å²) in [6, 6.07) is 7.42. The molecule has 1 saturated heterocycles. The molecule has 0 saturated carbocycles. The predicted molar refractivity (Wildman–Crippen MR) is 75.6 cm³/mol. The van der Waals surface area contributed by atoms with Gasteiger partial charge in [0.25, 0.3) is 5.91 Å². The molecular weight excluding hydrogens is 240 g/mol. The Bertz CT molecular complexity index is 407. The van der Waals surface area contributed by atoms with Gasteiger partial charge in [-0.1, -0.05) is 0 Å². The number of rotatable bonds is 3. The fourth-order valence-corrected chi connectivity index (χ4v) is 2.18.